The molecule has 1 aromatic rings. The molecule has 1 aromatic heterocycles. The second kappa shape index (κ2) is 4.07. The molecular formula is C9H13N2O-. The molecule has 0 spiro atoms. The van der Waals surface area contributed by atoms with Crippen molar-refractivity contribution in [3.63, 3.8) is 0 Å². The Morgan fingerprint density at radius 1 is 1.58 bits per heavy atom. The van der Waals surface area contributed by atoms with E-state index in [0.717, 1.165) is 6.54 Å². The van der Waals surface area contributed by atoms with E-state index >= 15 is 0 Å². The molecule has 0 amide bonds. The molecule has 66 valence electrons. The van der Waals surface area contributed by atoms with Crippen molar-refractivity contribution in [3.8, 4) is 5.75 Å². The Kier molecular flexibility index (Phi) is 3.05. The molecule has 1 rings (SSSR count). The average Bonchev–Trinajstić information content (AvgIpc) is 2.09. The van der Waals surface area contributed by atoms with Gasteiger partial charge in [0, 0.05) is 18.4 Å². The summed E-state index contributed by atoms with van der Waals surface area (Å²) in [5.41, 5.74) is 0.627. The lowest BCUT2D eigenvalue weighted by molar-refractivity contribution is -0.270. The fourth-order valence-electron chi connectivity index (χ4n) is 0.909. The van der Waals surface area contributed by atoms with Crippen LogP contribution in [0.2, 0.25) is 0 Å². The highest BCUT2D eigenvalue weighted by atomic mass is 16.3. The summed E-state index contributed by atoms with van der Waals surface area (Å²) in [7, 11) is 1.97. The molecule has 0 aliphatic rings. The van der Waals surface area contributed by atoms with Gasteiger partial charge in [-0.15, -0.1) is 0 Å². The minimum Gasteiger partial charge on any atom is -0.871 e. The third kappa shape index (κ3) is 2.20. The summed E-state index contributed by atoms with van der Waals surface area (Å²) in [6, 6.07) is 3.21. The second-order valence-corrected chi connectivity index (χ2v) is 2.78. The summed E-state index contributed by atoms with van der Waals surface area (Å²) in [6.07, 6.45) is 1.65. The largest absolute Gasteiger partial charge is 0.871 e. The molecule has 0 aliphatic carbocycles. The SMILES string of the molecule is CCN(C)Cc1ncccc1[O-]. The molecule has 0 aromatic carbocycles. The van der Waals surface area contributed by atoms with Crippen molar-refractivity contribution < 1.29 is 5.11 Å². The van der Waals surface area contributed by atoms with Crippen molar-refractivity contribution in [3.05, 3.63) is 24.0 Å². The number of pyridine rings is 1. The molecule has 3 nitrogen and oxygen atoms in total. The minimum atomic E-state index is 0.0257. The van der Waals surface area contributed by atoms with E-state index in [-0.39, 0.29) is 5.75 Å². The summed E-state index contributed by atoms with van der Waals surface area (Å²) in [4.78, 5) is 6.06. The third-order valence-electron chi connectivity index (χ3n) is 1.81. The van der Waals surface area contributed by atoms with Crippen LogP contribution < -0.4 is 5.11 Å². The average molecular weight is 165 g/mol. The zero-order valence-electron chi connectivity index (χ0n) is 7.45. The first kappa shape index (κ1) is 9.00. The normalized spacial score (nSPS) is 10.6. The van der Waals surface area contributed by atoms with Gasteiger partial charge in [0.05, 0.1) is 0 Å². The Bertz CT molecular complexity index is 250. The van der Waals surface area contributed by atoms with Gasteiger partial charge in [0.25, 0.3) is 0 Å². The van der Waals surface area contributed by atoms with Crippen molar-refractivity contribution >= 4 is 0 Å². The fourth-order valence-corrected chi connectivity index (χ4v) is 0.909. The van der Waals surface area contributed by atoms with Crippen molar-refractivity contribution in [1.29, 1.82) is 0 Å². The van der Waals surface area contributed by atoms with Crippen LogP contribution in [-0.4, -0.2) is 23.5 Å². The van der Waals surface area contributed by atoms with E-state index in [1.165, 1.54) is 0 Å². The van der Waals surface area contributed by atoms with Crippen LogP contribution in [0, 0.1) is 0 Å². The van der Waals surface area contributed by atoms with Gasteiger partial charge in [0.1, 0.15) is 0 Å². The number of hydrogen-bond acceptors (Lipinski definition) is 3. The molecule has 12 heavy (non-hydrogen) atoms. The van der Waals surface area contributed by atoms with Gasteiger partial charge in [0.2, 0.25) is 0 Å². The third-order valence-corrected chi connectivity index (χ3v) is 1.81. The van der Waals surface area contributed by atoms with Crippen LogP contribution in [0.4, 0.5) is 0 Å². The summed E-state index contributed by atoms with van der Waals surface area (Å²) >= 11 is 0. The molecule has 0 atom stereocenters. The van der Waals surface area contributed by atoms with Gasteiger partial charge in [-0.3, -0.25) is 4.98 Å². The molecule has 0 saturated heterocycles. The summed E-state index contributed by atoms with van der Waals surface area (Å²) in [5.74, 6) is 0.0257. The van der Waals surface area contributed by atoms with E-state index in [1.807, 2.05) is 18.9 Å². The first-order valence-electron chi connectivity index (χ1n) is 4.03. The van der Waals surface area contributed by atoms with Gasteiger partial charge in [-0.05, 0) is 19.7 Å². The van der Waals surface area contributed by atoms with Crippen LogP contribution in [0.1, 0.15) is 12.6 Å². The zero-order valence-corrected chi connectivity index (χ0v) is 7.45. The van der Waals surface area contributed by atoms with Gasteiger partial charge in [-0.25, -0.2) is 0 Å². The Labute approximate surface area is 72.7 Å². The quantitative estimate of drug-likeness (QED) is 0.658. The van der Waals surface area contributed by atoms with Crippen LogP contribution in [0.5, 0.6) is 5.75 Å². The maximum atomic E-state index is 11.2. The topological polar surface area (TPSA) is 39.2 Å². The first-order chi connectivity index (χ1) is 5.74. The molecule has 0 radical (unpaired) electrons. The summed E-state index contributed by atoms with van der Waals surface area (Å²) in [6.45, 7) is 3.61. The van der Waals surface area contributed by atoms with E-state index < -0.39 is 0 Å². The predicted octanol–water partition coefficient (Wildman–Crippen LogP) is 0.607. The Morgan fingerprint density at radius 3 is 2.92 bits per heavy atom. The predicted molar refractivity (Wildman–Crippen MR) is 45.7 cm³/mol. The highest BCUT2D eigenvalue weighted by Crippen LogP contribution is 2.10. The van der Waals surface area contributed by atoms with Gasteiger partial charge < -0.3 is 10.0 Å². The van der Waals surface area contributed by atoms with Crippen molar-refractivity contribution in [2.75, 3.05) is 13.6 Å². The monoisotopic (exact) mass is 165 g/mol. The fraction of sp³-hybridized carbons (Fsp3) is 0.444. The second-order valence-electron chi connectivity index (χ2n) is 2.78. The van der Waals surface area contributed by atoms with Crippen LogP contribution in [-0.2, 0) is 6.54 Å². The lowest BCUT2D eigenvalue weighted by Gasteiger charge is -2.17. The highest BCUT2D eigenvalue weighted by molar-refractivity contribution is 5.23. The van der Waals surface area contributed by atoms with Crippen LogP contribution in [0.25, 0.3) is 0 Å². The Hall–Kier alpha value is -1.09. The first-order valence-corrected chi connectivity index (χ1v) is 4.03. The molecular weight excluding hydrogens is 152 g/mol. The molecule has 3 heteroatoms. The van der Waals surface area contributed by atoms with Gasteiger partial charge in [0.15, 0.2) is 0 Å². The van der Waals surface area contributed by atoms with Crippen molar-refractivity contribution in [2.45, 2.75) is 13.5 Å². The molecule has 0 aliphatic heterocycles. The summed E-state index contributed by atoms with van der Waals surface area (Å²) in [5, 5.41) is 11.2. The van der Waals surface area contributed by atoms with E-state index in [2.05, 4.69) is 4.98 Å². The van der Waals surface area contributed by atoms with Crippen LogP contribution >= 0.6 is 0 Å². The molecule has 0 N–H and O–H groups in total. The Balaban J connectivity index is 2.69. The van der Waals surface area contributed by atoms with Gasteiger partial charge >= 0.3 is 0 Å². The maximum absolute atomic E-state index is 11.2. The van der Waals surface area contributed by atoms with Crippen molar-refractivity contribution in [2.24, 2.45) is 0 Å². The van der Waals surface area contributed by atoms with E-state index in [9.17, 15) is 5.11 Å². The summed E-state index contributed by atoms with van der Waals surface area (Å²) < 4.78 is 0. The lowest BCUT2D eigenvalue weighted by Crippen LogP contribution is -2.18. The number of aromatic nitrogens is 1. The highest BCUT2D eigenvalue weighted by Gasteiger charge is 1.98. The smallest absolute Gasteiger partial charge is 0.0465 e. The zero-order chi connectivity index (χ0) is 8.97. The number of nitrogens with zero attached hydrogens (tertiary/aromatic N) is 2. The number of hydrogen-bond donors (Lipinski definition) is 0. The minimum absolute atomic E-state index is 0.0257. The van der Waals surface area contributed by atoms with Crippen molar-refractivity contribution in [1.82, 2.24) is 9.88 Å². The number of rotatable bonds is 3. The van der Waals surface area contributed by atoms with Crippen LogP contribution in [0.15, 0.2) is 18.3 Å². The Morgan fingerprint density at radius 2 is 2.33 bits per heavy atom. The van der Waals surface area contributed by atoms with E-state index in [1.54, 1.807) is 18.3 Å². The van der Waals surface area contributed by atoms with Gasteiger partial charge in [-0.1, -0.05) is 18.7 Å². The lowest BCUT2D eigenvalue weighted by atomic mass is 10.3. The van der Waals surface area contributed by atoms with E-state index in [0.29, 0.717) is 12.2 Å². The van der Waals surface area contributed by atoms with E-state index in [4.69, 9.17) is 0 Å². The molecule has 0 fully saturated rings. The molecule has 0 saturated carbocycles. The molecule has 0 unspecified atom stereocenters. The standard InChI is InChI=1S/C9H14N2O/c1-3-11(2)7-8-9(12)5-4-6-10-8/h4-6,12H,3,7H2,1-2H3/p-1. The maximum Gasteiger partial charge on any atom is 0.0465 e. The van der Waals surface area contributed by atoms with Gasteiger partial charge in [-0.2, -0.15) is 0 Å². The van der Waals surface area contributed by atoms with Crippen LogP contribution in [0.3, 0.4) is 0 Å². The molecule has 1 heterocycles. The molecule has 0 bridgehead atoms.